The molecule has 0 aromatic carbocycles. The number of hydrogen-bond donors (Lipinski definition) is 1. The normalized spacial score (nSPS) is 17.1. The number of aliphatic hydroxyl groups is 1. The highest BCUT2D eigenvalue weighted by molar-refractivity contribution is 4.85. The molecule has 64 valence electrons. The van der Waals surface area contributed by atoms with Crippen LogP contribution in [0.25, 0.3) is 0 Å². The van der Waals surface area contributed by atoms with Crippen LogP contribution in [0.1, 0.15) is 13.3 Å². The third-order valence-corrected chi connectivity index (χ3v) is 1.22. The highest BCUT2D eigenvalue weighted by Crippen LogP contribution is 2.24. The molecule has 0 bridgehead atoms. The average molecular weight is 167 g/mol. The summed E-state index contributed by atoms with van der Waals surface area (Å²) in [7, 11) is 0. The summed E-state index contributed by atoms with van der Waals surface area (Å²) in [5.74, 6) is -0.975. The van der Waals surface area contributed by atoms with Gasteiger partial charge in [-0.2, -0.15) is 18.4 Å². The van der Waals surface area contributed by atoms with E-state index in [1.807, 2.05) is 0 Å². The lowest BCUT2D eigenvalue weighted by Crippen LogP contribution is -2.24. The van der Waals surface area contributed by atoms with Gasteiger partial charge in [-0.25, -0.2) is 0 Å². The summed E-state index contributed by atoms with van der Waals surface area (Å²) in [4.78, 5) is 0. The minimum Gasteiger partial charge on any atom is -0.391 e. The minimum atomic E-state index is -4.40. The zero-order valence-electron chi connectivity index (χ0n) is 5.89. The molecule has 0 saturated carbocycles. The van der Waals surface area contributed by atoms with Crippen molar-refractivity contribution in [2.75, 3.05) is 0 Å². The Hall–Kier alpha value is -0.760. The Labute approximate surface area is 62.2 Å². The van der Waals surface area contributed by atoms with E-state index < -0.39 is 24.6 Å². The molecule has 0 aliphatic rings. The maximum atomic E-state index is 11.5. The second kappa shape index (κ2) is 3.58. The quantitative estimate of drug-likeness (QED) is 0.676. The molecule has 0 aliphatic heterocycles. The minimum absolute atomic E-state index is 0.975. The largest absolute Gasteiger partial charge is 0.391 e. The van der Waals surface area contributed by atoms with Crippen LogP contribution in [0.4, 0.5) is 13.2 Å². The first-order valence-electron chi connectivity index (χ1n) is 3.01. The number of nitrogens with zero attached hydrogens (tertiary/aromatic N) is 1. The van der Waals surface area contributed by atoms with Gasteiger partial charge in [0.15, 0.2) is 0 Å². The average Bonchev–Trinajstić information content (AvgIpc) is 1.82. The van der Waals surface area contributed by atoms with Crippen LogP contribution >= 0.6 is 0 Å². The van der Waals surface area contributed by atoms with E-state index in [1.54, 1.807) is 0 Å². The molecule has 0 aromatic rings. The van der Waals surface area contributed by atoms with Crippen LogP contribution in [0.2, 0.25) is 0 Å². The van der Waals surface area contributed by atoms with Gasteiger partial charge in [0.2, 0.25) is 0 Å². The number of halogens is 3. The van der Waals surface area contributed by atoms with Crippen molar-refractivity contribution in [2.45, 2.75) is 25.6 Å². The summed E-state index contributed by atoms with van der Waals surface area (Å²) >= 11 is 0. The fourth-order valence-corrected chi connectivity index (χ4v) is 0.500. The molecule has 0 radical (unpaired) electrons. The van der Waals surface area contributed by atoms with Gasteiger partial charge in [-0.1, -0.05) is 0 Å². The van der Waals surface area contributed by atoms with Crippen LogP contribution in [-0.4, -0.2) is 17.4 Å². The Kier molecular flexibility index (Phi) is 3.33. The van der Waals surface area contributed by atoms with Gasteiger partial charge in [0, 0.05) is 0 Å². The Bertz CT molecular complexity index is 160. The third kappa shape index (κ3) is 4.62. The second-order valence-electron chi connectivity index (χ2n) is 2.30. The lowest BCUT2D eigenvalue weighted by atomic mass is 10.0. The molecule has 1 N–H and O–H groups in total. The van der Waals surface area contributed by atoms with E-state index >= 15 is 0 Å². The molecule has 2 atom stereocenters. The van der Waals surface area contributed by atoms with Crippen molar-refractivity contribution in [1.82, 2.24) is 0 Å². The predicted octanol–water partition coefficient (Wildman–Crippen LogP) is 1.46. The molecule has 0 amide bonds. The predicted molar refractivity (Wildman–Crippen MR) is 31.5 cm³/mol. The summed E-state index contributed by atoms with van der Waals surface area (Å²) in [6.45, 7) is 1.25. The van der Waals surface area contributed by atoms with Crippen LogP contribution in [0.3, 0.4) is 0 Å². The Morgan fingerprint density at radius 1 is 1.55 bits per heavy atom. The Morgan fingerprint density at radius 2 is 2.00 bits per heavy atom. The standard InChI is InChI=1S/C6H8F3NO/c1-4(3-10)5(11)2-6(7,8)9/h4-5,11H,2H2,1H3. The maximum Gasteiger partial charge on any atom is 0.391 e. The van der Waals surface area contributed by atoms with Crippen LogP contribution in [0.5, 0.6) is 0 Å². The van der Waals surface area contributed by atoms with Crippen molar-refractivity contribution in [2.24, 2.45) is 5.92 Å². The summed E-state index contributed by atoms with van der Waals surface area (Å²) in [5, 5.41) is 16.8. The molecule has 0 heterocycles. The van der Waals surface area contributed by atoms with Gasteiger partial charge < -0.3 is 5.11 Å². The molecule has 0 aromatic heterocycles. The SMILES string of the molecule is CC(C#N)C(O)CC(F)(F)F. The van der Waals surface area contributed by atoms with E-state index in [1.165, 1.54) is 13.0 Å². The fourth-order valence-electron chi connectivity index (χ4n) is 0.500. The van der Waals surface area contributed by atoms with Crippen LogP contribution in [-0.2, 0) is 0 Å². The van der Waals surface area contributed by atoms with E-state index in [-0.39, 0.29) is 0 Å². The molecule has 2 nitrogen and oxygen atoms in total. The summed E-state index contributed by atoms with van der Waals surface area (Å²) < 4.78 is 34.6. The lowest BCUT2D eigenvalue weighted by molar-refractivity contribution is -0.156. The van der Waals surface area contributed by atoms with Gasteiger partial charge >= 0.3 is 6.18 Å². The smallest absolute Gasteiger partial charge is 0.391 e. The molecule has 0 rings (SSSR count). The van der Waals surface area contributed by atoms with Crippen LogP contribution in [0, 0.1) is 17.2 Å². The summed E-state index contributed by atoms with van der Waals surface area (Å²) in [6.07, 6.45) is -7.33. The van der Waals surface area contributed by atoms with Crippen molar-refractivity contribution < 1.29 is 18.3 Å². The number of hydrogen-bond acceptors (Lipinski definition) is 2. The number of alkyl halides is 3. The molecular formula is C6H8F3NO. The van der Waals surface area contributed by atoms with Gasteiger partial charge in [0.1, 0.15) is 0 Å². The molecular weight excluding hydrogens is 159 g/mol. The number of rotatable bonds is 2. The topological polar surface area (TPSA) is 44.0 Å². The molecule has 0 fully saturated rings. The zero-order chi connectivity index (χ0) is 9.07. The highest BCUT2D eigenvalue weighted by atomic mass is 19.4. The van der Waals surface area contributed by atoms with E-state index in [0.717, 1.165) is 0 Å². The Morgan fingerprint density at radius 3 is 2.27 bits per heavy atom. The fraction of sp³-hybridized carbons (Fsp3) is 0.833. The number of aliphatic hydroxyl groups excluding tert-OH is 1. The first kappa shape index (κ1) is 10.2. The van der Waals surface area contributed by atoms with Gasteiger partial charge in [0.05, 0.1) is 24.5 Å². The number of nitriles is 1. The lowest BCUT2D eigenvalue weighted by Gasteiger charge is -2.13. The summed E-state index contributed by atoms with van der Waals surface area (Å²) in [5.41, 5.74) is 0. The van der Waals surface area contributed by atoms with Gasteiger partial charge in [-0.15, -0.1) is 0 Å². The molecule has 0 saturated heterocycles. The van der Waals surface area contributed by atoms with Crippen molar-refractivity contribution in [3.8, 4) is 6.07 Å². The molecule has 11 heavy (non-hydrogen) atoms. The first-order chi connectivity index (χ1) is 4.87. The first-order valence-corrected chi connectivity index (χ1v) is 3.01. The Balaban J connectivity index is 3.90. The second-order valence-corrected chi connectivity index (χ2v) is 2.30. The molecule has 5 heteroatoms. The van der Waals surface area contributed by atoms with Crippen molar-refractivity contribution in [3.63, 3.8) is 0 Å². The highest BCUT2D eigenvalue weighted by Gasteiger charge is 2.33. The van der Waals surface area contributed by atoms with E-state index in [0.29, 0.717) is 0 Å². The van der Waals surface area contributed by atoms with Gasteiger partial charge in [-0.3, -0.25) is 0 Å². The summed E-state index contributed by atoms with van der Waals surface area (Å²) in [6, 6.07) is 1.54. The maximum absolute atomic E-state index is 11.5. The van der Waals surface area contributed by atoms with Crippen molar-refractivity contribution in [1.29, 1.82) is 5.26 Å². The van der Waals surface area contributed by atoms with Gasteiger partial charge in [-0.05, 0) is 6.92 Å². The van der Waals surface area contributed by atoms with Crippen molar-refractivity contribution >= 4 is 0 Å². The zero-order valence-corrected chi connectivity index (χ0v) is 5.89. The van der Waals surface area contributed by atoms with Crippen molar-refractivity contribution in [3.05, 3.63) is 0 Å². The van der Waals surface area contributed by atoms with Gasteiger partial charge in [0.25, 0.3) is 0 Å². The monoisotopic (exact) mass is 167 g/mol. The molecule has 2 unspecified atom stereocenters. The molecule has 0 spiro atoms. The van der Waals surface area contributed by atoms with E-state index in [2.05, 4.69) is 0 Å². The van der Waals surface area contributed by atoms with E-state index in [4.69, 9.17) is 10.4 Å². The van der Waals surface area contributed by atoms with Crippen LogP contribution in [0.15, 0.2) is 0 Å². The molecule has 0 aliphatic carbocycles. The van der Waals surface area contributed by atoms with Crippen LogP contribution < -0.4 is 0 Å². The van der Waals surface area contributed by atoms with E-state index in [9.17, 15) is 13.2 Å². The third-order valence-electron chi connectivity index (χ3n) is 1.22.